The highest BCUT2D eigenvalue weighted by atomic mass is 32.2. The maximum absolute atomic E-state index is 11.7. The summed E-state index contributed by atoms with van der Waals surface area (Å²) < 4.78 is 32.1. The van der Waals surface area contributed by atoms with Crippen LogP contribution in [0.15, 0.2) is 18.2 Å². The molecule has 0 fully saturated rings. The Morgan fingerprint density at radius 2 is 2.14 bits per heavy atom. The Morgan fingerprint density at radius 3 is 2.67 bits per heavy atom. The minimum Gasteiger partial charge on any atom is -0.478 e. The first-order valence-corrected chi connectivity index (χ1v) is 7.03. The third-order valence-electron chi connectivity index (χ3n) is 2.29. The predicted molar refractivity (Wildman–Crippen MR) is 72.5 cm³/mol. The van der Waals surface area contributed by atoms with Gasteiger partial charge in [-0.05, 0) is 6.07 Å². The van der Waals surface area contributed by atoms with Gasteiger partial charge in [-0.2, -0.15) is 13.1 Å². The number of carbonyl (C=O) groups is 1. The molecule has 0 unspecified atom stereocenters. The molecule has 0 spiro atoms. The lowest BCUT2D eigenvalue weighted by Gasteiger charge is -2.11. The van der Waals surface area contributed by atoms with Crippen LogP contribution in [0, 0.1) is 10.1 Å². The molecule has 10 nitrogen and oxygen atoms in total. The Bertz CT molecular complexity index is 644. The number of nitrogens with one attached hydrogen (secondary N) is 2. The summed E-state index contributed by atoms with van der Waals surface area (Å²) in [5.41, 5.74) is -1.26. The highest BCUT2D eigenvalue weighted by Gasteiger charge is 2.19. The fraction of sp³-hybridized carbons (Fsp3) is 0.300. The van der Waals surface area contributed by atoms with Crippen LogP contribution in [-0.4, -0.2) is 44.7 Å². The van der Waals surface area contributed by atoms with E-state index in [0.717, 1.165) is 18.2 Å². The second kappa shape index (κ2) is 6.97. The highest BCUT2D eigenvalue weighted by molar-refractivity contribution is 7.90. The normalized spacial score (nSPS) is 11.1. The molecule has 21 heavy (non-hydrogen) atoms. The first-order valence-electron chi connectivity index (χ1n) is 5.55. The van der Waals surface area contributed by atoms with E-state index in [0.29, 0.717) is 0 Å². The number of nitro benzene ring substituents is 1. The molecule has 0 heterocycles. The first kappa shape index (κ1) is 16.8. The molecule has 0 aliphatic rings. The predicted octanol–water partition coefficient (Wildman–Crippen LogP) is 0.186. The maximum Gasteiger partial charge on any atom is 0.338 e. The second-order valence-electron chi connectivity index (χ2n) is 3.78. The molecule has 1 aromatic rings. The molecule has 0 aliphatic carbocycles. The van der Waals surface area contributed by atoms with Gasteiger partial charge >= 0.3 is 5.97 Å². The van der Waals surface area contributed by atoms with Crippen LogP contribution in [0.4, 0.5) is 11.4 Å². The number of benzene rings is 1. The molecule has 0 saturated heterocycles. The van der Waals surface area contributed by atoms with Gasteiger partial charge in [0.1, 0.15) is 0 Å². The average Bonchev–Trinajstić information content (AvgIpc) is 2.38. The van der Waals surface area contributed by atoms with Gasteiger partial charge in [-0.1, -0.05) is 0 Å². The van der Waals surface area contributed by atoms with Crippen molar-refractivity contribution in [1.82, 2.24) is 4.72 Å². The minimum absolute atomic E-state index is 0.0127. The Hall–Kier alpha value is -2.24. The Kier molecular flexibility index (Phi) is 5.58. The molecule has 0 aromatic heterocycles. The van der Waals surface area contributed by atoms with Crippen LogP contribution in [0.25, 0.3) is 0 Å². The summed E-state index contributed by atoms with van der Waals surface area (Å²) >= 11 is 0. The number of aromatic carboxylic acids is 1. The van der Waals surface area contributed by atoms with Crippen molar-refractivity contribution >= 4 is 27.6 Å². The van der Waals surface area contributed by atoms with Crippen LogP contribution in [-0.2, 0) is 14.9 Å². The van der Waals surface area contributed by atoms with Crippen LogP contribution >= 0.6 is 0 Å². The highest BCUT2D eigenvalue weighted by Crippen LogP contribution is 2.22. The summed E-state index contributed by atoms with van der Waals surface area (Å²) in [5.74, 6) is -1.49. The number of methoxy groups -OCH3 is 1. The molecule has 1 aromatic carbocycles. The number of nitro groups is 1. The summed E-state index contributed by atoms with van der Waals surface area (Å²) in [5, 5.41) is 19.6. The molecular weight excluding hydrogens is 306 g/mol. The SMILES string of the molecule is COCCNS(=O)(=O)Nc1ccc([N+](=O)[O-])cc1C(=O)O. The van der Waals surface area contributed by atoms with Crippen molar-refractivity contribution in [3.8, 4) is 0 Å². The van der Waals surface area contributed by atoms with Gasteiger partial charge in [0.2, 0.25) is 0 Å². The monoisotopic (exact) mass is 319 g/mol. The van der Waals surface area contributed by atoms with Gasteiger partial charge in [-0.15, -0.1) is 0 Å². The summed E-state index contributed by atoms with van der Waals surface area (Å²) in [4.78, 5) is 20.9. The van der Waals surface area contributed by atoms with Gasteiger partial charge in [0.15, 0.2) is 0 Å². The molecule has 0 bridgehead atoms. The number of ether oxygens (including phenoxy) is 1. The number of rotatable bonds is 8. The number of anilines is 1. The molecule has 0 atom stereocenters. The Balaban J connectivity index is 3.02. The van der Waals surface area contributed by atoms with Crippen LogP contribution in [0.5, 0.6) is 0 Å². The number of hydrogen-bond donors (Lipinski definition) is 3. The molecule has 1 rings (SSSR count). The summed E-state index contributed by atoms with van der Waals surface area (Å²) in [7, 11) is -2.62. The topological polar surface area (TPSA) is 148 Å². The van der Waals surface area contributed by atoms with Gasteiger partial charge < -0.3 is 9.84 Å². The first-order chi connectivity index (χ1) is 9.76. The molecular formula is C10H13N3O7S. The third kappa shape index (κ3) is 4.98. The summed E-state index contributed by atoms with van der Waals surface area (Å²) in [6, 6.07) is 2.78. The van der Waals surface area contributed by atoms with Crippen LogP contribution in [0.1, 0.15) is 10.4 Å². The zero-order chi connectivity index (χ0) is 16.0. The van der Waals surface area contributed by atoms with Crippen LogP contribution in [0.2, 0.25) is 0 Å². The van der Waals surface area contributed by atoms with E-state index in [1.54, 1.807) is 0 Å². The van der Waals surface area contributed by atoms with Crippen molar-refractivity contribution in [3.63, 3.8) is 0 Å². The van der Waals surface area contributed by atoms with E-state index in [9.17, 15) is 23.3 Å². The Labute approximate surface area is 120 Å². The fourth-order valence-corrected chi connectivity index (χ4v) is 2.26. The van der Waals surface area contributed by atoms with E-state index in [1.807, 2.05) is 4.72 Å². The number of carboxylic acids is 1. The molecule has 116 valence electrons. The largest absolute Gasteiger partial charge is 0.478 e. The summed E-state index contributed by atoms with van der Waals surface area (Å²) in [6.45, 7) is 0.119. The van der Waals surface area contributed by atoms with Gasteiger partial charge in [-0.25, -0.2) is 4.79 Å². The standard InChI is InChI=1S/C10H13N3O7S/c1-20-5-4-11-21(18,19)12-9-3-2-7(13(16)17)6-8(9)10(14)15/h2-3,6,11-12H,4-5H2,1H3,(H,14,15). The van der Waals surface area contributed by atoms with Gasteiger partial charge in [0.25, 0.3) is 15.9 Å². The van der Waals surface area contributed by atoms with E-state index < -0.39 is 32.4 Å². The Morgan fingerprint density at radius 1 is 1.48 bits per heavy atom. The van der Waals surface area contributed by atoms with Crippen molar-refractivity contribution in [2.45, 2.75) is 0 Å². The number of carboxylic acid groups (broad SMARTS) is 1. The van der Waals surface area contributed by atoms with Gasteiger partial charge in [0.05, 0.1) is 22.8 Å². The van der Waals surface area contributed by atoms with Crippen molar-refractivity contribution in [2.24, 2.45) is 0 Å². The minimum atomic E-state index is -4.01. The molecule has 3 N–H and O–H groups in total. The van der Waals surface area contributed by atoms with Crippen molar-refractivity contribution in [1.29, 1.82) is 0 Å². The molecule has 0 aliphatic heterocycles. The molecule has 0 amide bonds. The lowest BCUT2D eigenvalue weighted by molar-refractivity contribution is -0.384. The van der Waals surface area contributed by atoms with Crippen molar-refractivity contribution in [2.75, 3.05) is 25.0 Å². The van der Waals surface area contributed by atoms with E-state index in [-0.39, 0.29) is 18.8 Å². The van der Waals surface area contributed by atoms with Crippen molar-refractivity contribution < 1.29 is 28.0 Å². The van der Waals surface area contributed by atoms with Crippen LogP contribution in [0.3, 0.4) is 0 Å². The van der Waals surface area contributed by atoms with Crippen molar-refractivity contribution in [3.05, 3.63) is 33.9 Å². The van der Waals surface area contributed by atoms with E-state index in [2.05, 4.69) is 9.46 Å². The number of nitrogens with zero attached hydrogens (tertiary/aromatic N) is 1. The van der Waals surface area contributed by atoms with Gasteiger partial charge in [0, 0.05) is 25.8 Å². The summed E-state index contributed by atoms with van der Waals surface area (Å²) in [6.07, 6.45) is 0. The van der Waals surface area contributed by atoms with Gasteiger partial charge in [-0.3, -0.25) is 14.8 Å². The lowest BCUT2D eigenvalue weighted by Crippen LogP contribution is -2.33. The molecule has 0 saturated carbocycles. The zero-order valence-corrected chi connectivity index (χ0v) is 11.7. The van der Waals surface area contributed by atoms with E-state index in [1.165, 1.54) is 7.11 Å². The fourth-order valence-electron chi connectivity index (χ4n) is 1.37. The smallest absolute Gasteiger partial charge is 0.338 e. The van der Waals surface area contributed by atoms with E-state index >= 15 is 0 Å². The number of hydrogen-bond acceptors (Lipinski definition) is 6. The van der Waals surface area contributed by atoms with Crippen LogP contribution < -0.4 is 9.44 Å². The average molecular weight is 319 g/mol. The maximum atomic E-state index is 11.7. The lowest BCUT2D eigenvalue weighted by atomic mass is 10.1. The quantitative estimate of drug-likeness (QED) is 0.352. The third-order valence-corrected chi connectivity index (χ3v) is 3.36. The zero-order valence-electron chi connectivity index (χ0n) is 10.9. The molecule has 0 radical (unpaired) electrons. The molecule has 11 heteroatoms. The second-order valence-corrected chi connectivity index (χ2v) is 5.28. The van der Waals surface area contributed by atoms with E-state index in [4.69, 9.17) is 5.11 Å². The number of non-ortho nitro benzene ring substituents is 1.